The normalized spacial score (nSPS) is 19.3. The minimum atomic E-state index is -0.665. The number of hydrogen-bond donors (Lipinski definition) is 1. The van der Waals surface area contributed by atoms with Crippen molar-refractivity contribution < 1.29 is 14.4 Å². The van der Waals surface area contributed by atoms with E-state index in [4.69, 9.17) is 23.2 Å². The highest BCUT2D eigenvalue weighted by Gasteiger charge is 2.40. The molecule has 0 unspecified atom stereocenters. The van der Waals surface area contributed by atoms with Crippen molar-refractivity contribution in [3.63, 3.8) is 0 Å². The van der Waals surface area contributed by atoms with Crippen molar-refractivity contribution in [3.8, 4) is 5.69 Å². The lowest BCUT2D eigenvalue weighted by Gasteiger charge is -2.35. The number of benzene rings is 1. The molecule has 4 rings (SSSR count). The summed E-state index contributed by atoms with van der Waals surface area (Å²) in [7, 11) is 0. The molecule has 8 heteroatoms. The van der Waals surface area contributed by atoms with Crippen molar-refractivity contribution in [3.05, 3.63) is 56.8 Å². The fourth-order valence-electron chi connectivity index (χ4n) is 4.45. The van der Waals surface area contributed by atoms with Gasteiger partial charge in [0, 0.05) is 23.1 Å². The molecule has 2 fully saturated rings. The smallest absolute Gasteiger partial charge is 0.318 e. The Bertz CT molecular complexity index is 1110. The number of carbonyl (C=O) groups is 3. The summed E-state index contributed by atoms with van der Waals surface area (Å²) < 4.78 is 1.98. The number of carbonyl (C=O) groups excluding carboxylic acids is 3. The largest absolute Gasteiger partial charge is 0.331 e. The number of hydrogen-bond acceptors (Lipinski definition) is 3. The summed E-state index contributed by atoms with van der Waals surface area (Å²) in [6.45, 7) is 3.83. The van der Waals surface area contributed by atoms with Gasteiger partial charge in [-0.15, -0.1) is 0 Å². The molecule has 1 aliphatic carbocycles. The zero-order chi connectivity index (χ0) is 22.3. The Labute approximate surface area is 190 Å². The maximum atomic E-state index is 13.1. The van der Waals surface area contributed by atoms with Crippen LogP contribution >= 0.6 is 23.2 Å². The van der Waals surface area contributed by atoms with Crippen LogP contribution in [0.15, 0.2) is 29.8 Å². The predicted octanol–water partition coefficient (Wildman–Crippen LogP) is 5.20. The number of rotatable bonds is 3. The van der Waals surface area contributed by atoms with Gasteiger partial charge in [-0.25, -0.2) is 4.79 Å². The lowest BCUT2D eigenvalue weighted by molar-refractivity contribution is -0.132. The van der Waals surface area contributed by atoms with Crippen LogP contribution in [0.25, 0.3) is 11.8 Å². The standard InChI is InChI=1S/C23H23Cl2N3O3/c1-13-10-15(14(2)27(13)17-8-9-19(24)20(25)12-17)11-18-21(29)26-23(31)28(22(18)30)16-6-4-3-5-7-16/h8-12,16H,3-7H2,1-2H3,(H,26,29,31)/b18-11+. The minimum Gasteiger partial charge on any atom is -0.318 e. The summed E-state index contributed by atoms with van der Waals surface area (Å²) >= 11 is 12.2. The summed E-state index contributed by atoms with van der Waals surface area (Å²) in [5, 5.41) is 3.24. The molecular weight excluding hydrogens is 437 g/mol. The van der Waals surface area contributed by atoms with Crippen molar-refractivity contribution in [2.24, 2.45) is 0 Å². The maximum absolute atomic E-state index is 13.1. The highest BCUT2D eigenvalue weighted by Crippen LogP contribution is 2.30. The first-order valence-electron chi connectivity index (χ1n) is 10.3. The van der Waals surface area contributed by atoms with Gasteiger partial charge in [0.05, 0.1) is 10.0 Å². The molecule has 4 amide bonds. The average molecular weight is 460 g/mol. The van der Waals surface area contributed by atoms with Crippen LogP contribution in [-0.2, 0) is 9.59 Å². The Kier molecular flexibility index (Phi) is 5.95. The summed E-state index contributed by atoms with van der Waals surface area (Å²) in [5.74, 6) is -1.19. The third kappa shape index (κ3) is 4.02. The van der Waals surface area contributed by atoms with Gasteiger partial charge in [0.1, 0.15) is 5.57 Å². The first kappa shape index (κ1) is 21.7. The van der Waals surface area contributed by atoms with Gasteiger partial charge in [0.25, 0.3) is 11.8 Å². The van der Waals surface area contributed by atoms with E-state index in [1.165, 1.54) is 4.90 Å². The molecular formula is C23H23Cl2N3O3. The van der Waals surface area contributed by atoms with Crippen molar-refractivity contribution in [2.75, 3.05) is 0 Å². The quantitative estimate of drug-likeness (QED) is 0.506. The topological polar surface area (TPSA) is 71.4 Å². The van der Waals surface area contributed by atoms with Gasteiger partial charge in [-0.3, -0.25) is 19.8 Å². The van der Waals surface area contributed by atoms with Crippen molar-refractivity contribution in [2.45, 2.75) is 52.0 Å². The third-order valence-electron chi connectivity index (χ3n) is 6.00. The van der Waals surface area contributed by atoms with E-state index < -0.39 is 17.8 Å². The molecule has 162 valence electrons. The number of nitrogens with one attached hydrogen (secondary N) is 1. The van der Waals surface area contributed by atoms with Gasteiger partial charge in [0.15, 0.2) is 0 Å². The van der Waals surface area contributed by atoms with Crippen LogP contribution in [0.5, 0.6) is 0 Å². The van der Waals surface area contributed by atoms with E-state index in [1.807, 2.05) is 30.5 Å². The second-order valence-corrected chi connectivity index (χ2v) is 8.86. The molecule has 2 aliphatic rings. The Morgan fingerprint density at radius 2 is 1.71 bits per heavy atom. The highest BCUT2D eigenvalue weighted by molar-refractivity contribution is 6.42. The minimum absolute atomic E-state index is 0.0282. The number of amides is 4. The van der Waals surface area contributed by atoms with E-state index in [0.717, 1.165) is 54.7 Å². The van der Waals surface area contributed by atoms with Gasteiger partial charge in [-0.2, -0.15) is 0 Å². The van der Waals surface area contributed by atoms with E-state index in [0.29, 0.717) is 10.0 Å². The number of halogens is 2. The van der Waals surface area contributed by atoms with E-state index in [1.54, 1.807) is 18.2 Å². The summed E-state index contributed by atoms with van der Waals surface area (Å²) in [5.41, 5.74) is 3.27. The van der Waals surface area contributed by atoms with Crippen LogP contribution in [0.2, 0.25) is 10.0 Å². The van der Waals surface area contributed by atoms with Crippen LogP contribution < -0.4 is 5.32 Å². The summed E-state index contributed by atoms with van der Waals surface area (Å²) in [6.07, 6.45) is 6.15. The Morgan fingerprint density at radius 3 is 2.39 bits per heavy atom. The number of urea groups is 1. The van der Waals surface area contributed by atoms with Gasteiger partial charge in [-0.05, 0) is 62.6 Å². The molecule has 31 heavy (non-hydrogen) atoms. The van der Waals surface area contributed by atoms with E-state index >= 15 is 0 Å². The molecule has 0 bridgehead atoms. The van der Waals surface area contributed by atoms with Gasteiger partial charge >= 0.3 is 6.03 Å². The van der Waals surface area contributed by atoms with E-state index in [9.17, 15) is 14.4 Å². The van der Waals surface area contributed by atoms with Crippen molar-refractivity contribution in [1.82, 2.24) is 14.8 Å². The second kappa shape index (κ2) is 8.52. The number of barbiturate groups is 1. The Hall–Kier alpha value is -2.57. The summed E-state index contributed by atoms with van der Waals surface area (Å²) in [4.78, 5) is 39.3. The zero-order valence-corrected chi connectivity index (χ0v) is 18.9. The molecule has 0 spiro atoms. The first-order valence-corrected chi connectivity index (χ1v) is 11.1. The lowest BCUT2D eigenvalue weighted by atomic mass is 9.93. The molecule has 1 N–H and O–H groups in total. The SMILES string of the molecule is Cc1cc(/C=C2\C(=O)NC(=O)N(C3CCCCC3)C2=O)c(C)n1-c1ccc(Cl)c(Cl)c1. The maximum Gasteiger partial charge on any atom is 0.331 e. The number of imide groups is 2. The molecule has 1 aliphatic heterocycles. The van der Waals surface area contributed by atoms with E-state index in [-0.39, 0.29) is 11.6 Å². The molecule has 0 atom stereocenters. The van der Waals surface area contributed by atoms with Crippen LogP contribution in [0, 0.1) is 13.8 Å². The fraction of sp³-hybridized carbons (Fsp3) is 0.348. The average Bonchev–Trinajstić information content (AvgIpc) is 3.01. The zero-order valence-electron chi connectivity index (χ0n) is 17.4. The highest BCUT2D eigenvalue weighted by atomic mass is 35.5. The molecule has 2 heterocycles. The third-order valence-corrected chi connectivity index (χ3v) is 6.74. The number of nitrogens with zero attached hydrogens (tertiary/aromatic N) is 2. The summed E-state index contributed by atoms with van der Waals surface area (Å²) in [6, 6.07) is 6.45. The molecule has 1 aromatic heterocycles. The van der Waals surface area contributed by atoms with E-state index in [2.05, 4.69) is 5.32 Å². The van der Waals surface area contributed by atoms with Crippen molar-refractivity contribution in [1.29, 1.82) is 0 Å². The molecule has 1 saturated carbocycles. The predicted molar refractivity (Wildman–Crippen MR) is 120 cm³/mol. The Balaban J connectivity index is 1.71. The second-order valence-electron chi connectivity index (χ2n) is 8.04. The van der Waals surface area contributed by atoms with Gasteiger partial charge in [0.2, 0.25) is 0 Å². The van der Waals surface area contributed by atoms with Gasteiger partial charge in [-0.1, -0.05) is 42.5 Å². The molecule has 2 aromatic rings. The first-order chi connectivity index (χ1) is 14.8. The number of aryl methyl sites for hydroxylation is 1. The van der Waals surface area contributed by atoms with Crippen LogP contribution in [0.3, 0.4) is 0 Å². The number of aromatic nitrogens is 1. The van der Waals surface area contributed by atoms with Crippen LogP contribution in [0.4, 0.5) is 4.79 Å². The van der Waals surface area contributed by atoms with Crippen LogP contribution in [0.1, 0.15) is 49.1 Å². The molecule has 1 aromatic carbocycles. The monoisotopic (exact) mass is 459 g/mol. The lowest BCUT2D eigenvalue weighted by Crippen LogP contribution is -2.58. The van der Waals surface area contributed by atoms with Crippen LogP contribution in [-0.4, -0.2) is 33.4 Å². The molecule has 6 nitrogen and oxygen atoms in total. The fourth-order valence-corrected chi connectivity index (χ4v) is 4.74. The Morgan fingerprint density at radius 1 is 1.00 bits per heavy atom. The molecule has 1 saturated heterocycles. The van der Waals surface area contributed by atoms with Gasteiger partial charge < -0.3 is 4.57 Å². The van der Waals surface area contributed by atoms with Crippen molar-refractivity contribution >= 4 is 47.1 Å². The molecule has 0 radical (unpaired) electrons.